The van der Waals surface area contributed by atoms with Crippen LogP contribution < -0.4 is 10.9 Å². The summed E-state index contributed by atoms with van der Waals surface area (Å²) in [6.07, 6.45) is 0. The van der Waals surface area contributed by atoms with Gasteiger partial charge in [-0.25, -0.2) is 13.3 Å². The summed E-state index contributed by atoms with van der Waals surface area (Å²) in [4.78, 5) is 18.3. The van der Waals surface area contributed by atoms with Gasteiger partial charge in [0.05, 0.1) is 5.69 Å². The van der Waals surface area contributed by atoms with Crippen LogP contribution in [0.3, 0.4) is 0 Å². The van der Waals surface area contributed by atoms with Gasteiger partial charge in [0, 0.05) is 12.2 Å². The molecular formula is C24H16F2N4OS2. The zero-order valence-electron chi connectivity index (χ0n) is 17.0. The van der Waals surface area contributed by atoms with E-state index in [1.54, 1.807) is 16.7 Å². The second-order valence-electron chi connectivity index (χ2n) is 7.23. The zero-order valence-corrected chi connectivity index (χ0v) is 18.7. The SMILES string of the molecule is O=c1c2sc(=S)n(-c3ccccc3)c2nc(NCc2cccc(F)c2)n1-c1ccc(F)cc1. The van der Waals surface area contributed by atoms with Crippen LogP contribution in [0, 0.1) is 15.6 Å². The Balaban J connectivity index is 1.72. The number of halogens is 2. The first kappa shape index (κ1) is 21.2. The molecule has 0 amide bonds. The summed E-state index contributed by atoms with van der Waals surface area (Å²) in [7, 11) is 0. The quantitative estimate of drug-likeness (QED) is 0.322. The van der Waals surface area contributed by atoms with Gasteiger partial charge in [0.25, 0.3) is 5.56 Å². The molecule has 0 spiro atoms. The second kappa shape index (κ2) is 8.68. The number of nitrogens with zero attached hydrogens (tertiary/aromatic N) is 3. The number of benzene rings is 3. The minimum Gasteiger partial charge on any atom is -0.351 e. The van der Waals surface area contributed by atoms with Crippen LogP contribution in [-0.2, 0) is 6.54 Å². The smallest absolute Gasteiger partial charge is 0.279 e. The van der Waals surface area contributed by atoms with Gasteiger partial charge in [-0.05, 0) is 66.3 Å². The lowest BCUT2D eigenvalue weighted by molar-refractivity contribution is 0.626. The Bertz CT molecular complexity index is 1570. The van der Waals surface area contributed by atoms with Crippen molar-refractivity contribution in [3.05, 3.63) is 110 Å². The number of rotatable bonds is 5. The van der Waals surface area contributed by atoms with E-state index in [1.165, 1.54) is 52.3 Å². The van der Waals surface area contributed by atoms with Gasteiger partial charge < -0.3 is 5.32 Å². The molecule has 2 aromatic heterocycles. The summed E-state index contributed by atoms with van der Waals surface area (Å²) in [6, 6.07) is 21.1. The van der Waals surface area contributed by atoms with Gasteiger partial charge in [0.2, 0.25) is 5.95 Å². The molecule has 1 N–H and O–H groups in total. The molecule has 33 heavy (non-hydrogen) atoms. The maximum Gasteiger partial charge on any atom is 0.279 e. The van der Waals surface area contributed by atoms with E-state index in [9.17, 15) is 13.6 Å². The molecule has 2 heterocycles. The number of hydrogen-bond acceptors (Lipinski definition) is 5. The van der Waals surface area contributed by atoms with Crippen LogP contribution in [0.2, 0.25) is 0 Å². The molecule has 0 aliphatic carbocycles. The van der Waals surface area contributed by atoms with Crippen LogP contribution in [-0.4, -0.2) is 14.1 Å². The molecule has 0 fully saturated rings. The Morgan fingerprint density at radius 3 is 2.33 bits per heavy atom. The molecule has 0 aliphatic heterocycles. The fraction of sp³-hybridized carbons (Fsp3) is 0.0417. The van der Waals surface area contributed by atoms with Crippen LogP contribution in [0.25, 0.3) is 21.7 Å². The average molecular weight is 479 g/mol. The zero-order chi connectivity index (χ0) is 22.9. The summed E-state index contributed by atoms with van der Waals surface area (Å²) in [5.41, 5.74) is 2.00. The highest BCUT2D eigenvalue weighted by Gasteiger charge is 2.18. The van der Waals surface area contributed by atoms with Gasteiger partial charge in [0.1, 0.15) is 16.3 Å². The summed E-state index contributed by atoms with van der Waals surface area (Å²) >= 11 is 6.72. The predicted molar refractivity (Wildman–Crippen MR) is 129 cm³/mol. The highest BCUT2D eigenvalue weighted by Crippen LogP contribution is 2.26. The maximum absolute atomic E-state index is 13.6. The van der Waals surface area contributed by atoms with Gasteiger partial charge in [-0.3, -0.25) is 9.36 Å². The lowest BCUT2D eigenvalue weighted by Crippen LogP contribution is -2.23. The number of thiazole rings is 1. The third-order valence-corrected chi connectivity index (χ3v) is 6.40. The van der Waals surface area contributed by atoms with Crippen molar-refractivity contribution in [1.29, 1.82) is 0 Å². The van der Waals surface area contributed by atoms with Crippen LogP contribution in [0.5, 0.6) is 0 Å². The third kappa shape index (κ3) is 4.08. The van der Waals surface area contributed by atoms with Crippen molar-refractivity contribution in [2.75, 3.05) is 5.32 Å². The molecule has 0 bridgehead atoms. The van der Waals surface area contributed by atoms with E-state index < -0.39 is 5.82 Å². The van der Waals surface area contributed by atoms with Gasteiger partial charge in [-0.15, -0.1) is 0 Å². The molecule has 164 valence electrons. The molecule has 0 atom stereocenters. The normalized spacial score (nSPS) is 11.1. The summed E-state index contributed by atoms with van der Waals surface area (Å²) in [5.74, 6) is -0.536. The third-order valence-electron chi connectivity index (χ3n) is 5.05. The lowest BCUT2D eigenvalue weighted by Gasteiger charge is -2.15. The molecule has 5 nitrogen and oxygen atoms in total. The van der Waals surface area contributed by atoms with Gasteiger partial charge >= 0.3 is 0 Å². The Labute approximate surface area is 196 Å². The first-order valence-corrected chi connectivity index (χ1v) is 11.2. The van der Waals surface area contributed by atoms with Crippen molar-refractivity contribution in [3.8, 4) is 11.4 Å². The average Bonchev–Trinajstić information content (AvgIpc) is 3.15. The molecule has 0 saturated carbocycles. The lowest BCUT2D eigenvalue weighted by atomic mass is 10.2. The van der Waals surface area contributed by atoms with E-state index in [0.717, 1.165) is 5.69 Å². The molecule has 5 rings (SSSR count). The van der Waals surface area contributed by atoms with Gasteiger partial charge in [-0.1, -0.05) is 41.7 Å². The Hall–Kier alpha value is -3.69. The highest BCUT2D eigenvalue weighted by molar-refractivity contribution is 7.73. The largest absolute Gasteiger partial charge is 0.351 e. The van der Waals surface area contributed by atoms with Crippen molar-refractivity contribution in [3.63, 3.8) is 0 Å². The topological polar surface area (TPSA) is 51.9 Å². The number of anilines is 1. The Kier molecular flexibility index (Phi) is 5.57. The molecule has 5 aromatic rings. The van der Waals surface area contributed by atoms with E-state index in [1.807, 2.05) is 30.3 Å². The Morgan fingerprint density at radius 1 is 0.879 bits per heavy atom. The number of para-hydroxylation sites is 1. The van der Waals surface area contributed by atoms with E-state index in [4.69, 9.17) is 17.2 Å². The van der Waals surface area contributed by atoms with Crippen LogP contribution in [0.1, 0.15) is 5.56 Å². The molecule has 3 aromatic carbocycles. The van der Waals surface area contributed by atoms with Crippen LogP contribution >= 0.6 is 23.6 Å². The van der Waals surface area contributed by atoms with Crippen molar-refractivity contribution < 1.29 is 8.78 Å². The highest BCUT2D eigenvalue weighted by atomic mass is 32.1. The van der Waals surface area contributed by atoms with Gasteiger partial charge in [0.15, 0.2) is 9.60 Å². The van der Waals surface area contributed by atoms with Gasteiger partial charge in [-0.2, -0.15) is 4.98 Å². The molecular weight excluding hydrogens is 462 g/mol. The second-order valence-corrected chi connectivity index (χ2v) is 8.87. The number of hydrogen-bond donors (Lipinski definition) is 1. The van der Waals surface area contributed by atoms with E-state index >= 15 is 0 Å². The Morgan fingerprint density at radius 2 is 1.61 bits per heavy atom. The van der Waals surface area contributed by atoms with E-state index in [0.29, 0.717) is 25.6 Å². The molecule has 0 aliphatic rings. The molecule has 0 radical (unpaired) electrons. The minimum atomic E-state index is -0.416. The minimum absolute atomic E-state index is 0.229. The summed E-state index contributed by atoms with van der Waals surface area (Å²) in [6.45, 7) is 0.229. The van der Waals surface area contributed by atoms with E-state index in [-0.39, 0.29) is 23.9 Å². The first-order valence-electron chi connectivity index (χ1n) is 9.99. The standard InChI is InChI=1S/C24H16F2N4OS2/c25-16-9-11-19(12-10-16)30-22(31)20-21(29(24(32)33-20)18-7-2-1-3-8-18)28-23(30)27-14-15-5-4-6-17(26)13-15/h1-13H,14H2,(H,27,28). The summed E-state index contributed by atoms with van der Waals surface area (Å²) in [5, 5.41) is 3.14. The van der Waals surface area contributed by atoms with Crippen molar-refractivity contribution in [1.82, 2.24) is 14.1 Å². The van der Waals surface area contributed by atoms with Crippen LogP contribution in [0.4, 0.5) is 14.7 Å². The molecule has 0 saturated heterocycles. The monoisotopic (exact) mass is 478 g/mol. The molecule has 0 unspecified atom stereocenters. The molecule has 9 heteroatoms. The predicted octanol–water partition coefficient (Wildman–Crippen LogP) is 5.86. The first-order chi connectivity index (χ1) is 16.0. The van der Waals surface area contributed by atoms with E-state index in [2.05, 4.69) is 5.32 Å². The summed E-state index contributed by atoms with van der Waals surface area (Å²) < 4.78 is 31.2. The van der Waals surface area contributed by atoms with Crippen molar-refractivity contribution >= 4 is 39.9 Å². The fourth-order valence-electron chi connectivity index (χ4n) is 3.54. The fourth-order valence-corrected chi connectivity index (χ4v) is 4.84. The number of fused-ring (bicyclic) bond motifs is 1. The number of nitrogens with one attached hydrogen (secondary N) is 1. The maximum atomic E-state index is 13.6. The van der Waals surface area contributed by atoms with Crippen molar-refractivity contribution in [2.24, 2.45) is 0 Å². The van der Waals surface area contributed by atoms with Crippen molar-refractivity contribution in [2.45, 2.75) is 6.54 Å². The number of aromatic nitrogens is 3. The van der Waals surface area contributed by atoms with Crippen LogP contribution in [0.15, 0.2) is 83.7 Å².